The van der Waals surface area contributed by atoms with Crippen molar-refractivity contribution in [2.24, 2.45) is 11.8 Å². The quantitative estimate of drug-likeness (QED) is 0.496. The molecule has 1 nitrogen and oxygen atoms in total. The van der Waals surface area contributed by atoms with Crippen LogP contribution in [0.1, 0.15) is 26.2 Å². The first-order valence-corrected chi connectivity index (χ1v) is 3.26. The monoisotopic (exact) mass is 112 g/mol. The summed E-state index contributed by atoms with van der Waals surface area (Å²) in [7, 11) is 0. The van der Waals surface area contributed by atoms with E-state index in [0.29, 0.717) is 0 Å². The molecule has 0 aromatic carbocycles. The minimum absolute atomic E-state index is 0.738. The van der Waals surface area contributed by atoms with Crippen molar-refractivity contribution < 1.29 is 4.79 Å². The highest BCUT2D eigenvalue weighted by atomic mass is 16.1. The highest BCUT2D eigenvalue weighted by Crippen LogP contribution is 2.34. The molecule has 1 saturated carbocycles. The summed E-state index contributed by atoms with van der Waals surface area (Å²) in [6.07, 6.45) is 4.39. The van der Waals surface area contributed by atoms with Crippen LogP contribution in [-0.2, 0) is 4.79 Å². The van der Waals surface area contributed by atoms with Crippen LogP contribution in [-0.4, -0.2) is 6.29 Å². The van der Waals surface area contributed by atoms with E-state index in [9.17, 15) is 4.79 Å². The summed E-state index contributed by atoms with van der Waals surface area (Å²) in [6.45, 7) is 2.24. The van der Waals surface area contributed by atoms with Crippen LogP contribution in [0.2, 0.25) is 0 Å². The normalized spacial score (nSPS) is 36.1. The molecule has 0 aromatic heterocycles. The molecule has 0 N–H and O–H groups in total. The van der Waals surface area contributed by atoms with Gasteiger partial charge in [0, 0.05) is 6.42 Å². The van der Waals surface area contributed by atoms with E-state index >= 15 is 0 Å². The van der Waals surface area contributed by atoms with E-state index in [2.05, 4.69) is 6.92 Å². The predicted octanol–water partition coefficient (Wildman–Crippen LogP) is 1.62. The summed E-state index contributed by atoms with van der Waals surface area (Å²) in [6, 6.07) is 0. The molecule has 0 amide bonds. The average Bonchev–Trinajstić information content (AvgIpc) is 1.64. The van der Waals surface area contributed by atoms with Crippen molar-refractivity contribution in [3.05, 3.63) is 0 Å². The van der Waals surface area contributed by atoms with Crippen molar-refractivity contribution in [2.75, 3.05) is 0 Å². The molecule has 0 atom stereocenters. The largest absolute Gasteiger partial charge is 0.303 e. The molecule has 0 aromatic rings. The van der Waals surface area contributed by atoms with Crippen molar-refractivity contribution in [3.8, 4) is 0 Å². The lowest BCUT2D eigenvalue weighted by atomic mass is 9.75. The fourth-order valence-corrected chi connectivity index (χ4v) is 1.40. The van der Waals surface area contributed by atoms with Gasteiger partial charge in [0.05, 0.1) is 0 Å². The van der Waals surface area contributed by atoms with Gasteiger partial charge in [-0.05, 0) is 24.7 Å². The van der Waals surface area contributed by atoms with Crippen LogP contribution in [0.5, 0.6) is 0 Å². The molecule has 46 valence electrons. The van der Waals surface area contributed by atoms with Gasteiger partial charge in [0.25, 0.3) is 0 Å². The van der Waals surface area contributed by atoms with E-state index in [1.807, 2.05) is 0 Å². The van der Waals surface area contributed by atoms with Gasteiger partial charge in [0.2, 0.25) is 0 Å². The van der Waals surface area contributed by atoms with Crippen LogP contribution in [0, 0.1) is 11.8 Å². The molecule has 8 heavy (non-hydrogen) atoms. The summed E-state index contributed by atoms with van der Waals surface area (Å²) in [5.41, 5.74) is 0. The smallest absolute Gasteiger partial charge is 0.120 e. The maximum absolute atomic E-state index is 9.91. The van der Waals surface area contributed by atoms with Crippen LogP contribution in [0.3, 0.4) is 0 Å². The topological polar surface area (TPSA) is 17.1 Å². The first-order chi connectivity index (χ1) is 3.83. The van der Waals surface area contributed by atoms with E-state index in [1.54, 1.807) is 0 Å². The molecular weight excluding hydrogens is 100 g/mol. The zero-order valence-corrected chi connectivity index (χ0v) is 5.26. The van der Waals surface area contributed by atoms with Gasteiger partial charge < -0.3 is 4.79 Å². The third-order valence-electron chi connectivity index (χ3n) is 1.90. The Labute approximate surface area is 50.1 Å². The molecule has 0 aliphatic heterocycles. The Bertz CT molecular complexity index is 82.4. The van der Waals surface area contributed by atoms with Crippen molar-refractivity contribution in [3.63, 3.8) is 0 Å². The van der Waals surface area contributed by atoms with E-state index in [1.165, 1.54) is 12.8 Å². The molecule has 1 aliphatic carbocycles. The minimum Gasteiger partial charge on any atom is -0.303 e. The molecular formula is C7H12O. The Morgan fingerprint density at radius 3 is 2.62 bits per heavy atom. The Hall–Kier alpha value is -0.330. The van der Waals surface area contributed by atoms with Gasteiger partial charge in [-0.1, -0.05) is 6.92 Å². The maximum Gasteiger partial charge on any atom is 0.120 e. The minimum atomic E-state index is 0.738. The van der Waals surface area contributed by atoms with Crippen LogP contribution in [0.15, 0.2) is 0 Å². The number of hydrogen-bond acceptors (Lipinski definition) is 1. The Kier molecular flexibility index (Phi) is 1.66. The van der Waals surface area contributed by atoms with Gasteiger partial charge in [-0.2, -0.15) is 0 Å². The number of rotatable bonds is 2. The Morgan fingerprint density at radius 1 is 1.62 bits per heavy atom. The fourth-order valence-electron chi connectivity index (χ4n) is 1.40. The molecule has 0 radical (unpaired) electrons. The molecule has 1 aliphatic rings. The van der Waals surface area contributed by atoms with Crippen LogP contribution < -0.4 is 0 Å². The number of hydrogen-bond donors (Lipinski definition) is 0. The Morgan fingerprint density at radius 2 is 2.25 bits per heavy atom. The summed E-state index contributed by atoms with van der Waals surface area (Å²) < 4.78 is 0. The van der Waals surface area contributed by atoms with Gasteiger partial charge in [-0.3, -0.25) is 0 Å². The standard InChI is InChI=1S/C7H12O/c1-6-4-7(5-6)2-3-8/h3,6-7H,2,4-5H2,1H3. The summed E-state index contributed by atoms with van der Waals surface area (Å²) in [5.74, 6) is 1.63. The second-order valence-corrected chi connectivity index (χ2v) is 2.84. The molecule has 1 rings (SSSR count). The molecule has 0 spiro atoms. The first kappa shape index (κ1) is 5.80. The number of carbonyl (C=O) groups excluding carboxylic acids is 1. The third-order valence-corrected chi connectivity index (χ3v) is 1.90. The number of carbonyl (C=O) groups is 1. The summed E-state index contributed by atoms with van der Waals surface area (Å²) >= 11 is 0. The van der Waals surface area contributed by atoms with Gasteiger partial charge >= 0.3 is 0 Å². The van der Waals surface area contributed by atoms with Crippen molar-refractivity contribution >= 4 is 6.29 Å². The van der Waals surface area contributed by atoms with Gasteiger partial charge in [-0.25, -0.2) is 0 Å². The molecule has 0 bridgehead atoms. The predicted molar refractivity (Wildman–Crippen MR) is 32.6 cm³/mol. The molecule has 1 fully saturated rings. The molecule has 0 heterocycles. The maximum atomic E-state index is 9.91. The van der Waals surface area contributed by atoms with Gasteiger partial charge in [0.15, 0.2) is 0 Å². The third kappa shape index (κ3) is 1.09. The zero-order chi connectivity index (χ0) is 5.98. The van der Waals surface area contributed by atoms with Crippen LogP contribution in [0.25, 0.3) is 0 Å². The van der Waals surface area contributed by atoms with E-state index in [4.69, 9.17) is 0 Å². The molecule has 0 saturated heterocycles. The van der Waals surface area contributed by atoms with E-state index in [0.717, 1.165) is 24.5 Å². The zero-order valence-electron chi connectivity index (χ0n) is 5.26. The summed E-state index contributed by atoms with van der Waals surface area (Å²) in [5, 5.41) is 0. The lowest BCUT2D eigenvalue weighted by Gasteiger charge is -2.30. The van der Waals surface area contributed by atoms with Crippen molar-refractivity contribution in [1.29, 1.82) is 0 Å². The highest BCUT2D eigenvalue weighted by Gasteiger charge is 2.23. The molecule has 0 unspecified atom stereocenters. The summed E-state index contributed by atoms with van der Waals surface area (Å²) in [4.78, 5) is 9.91. The first-order valence-electron chi connectivity index (χ1n) is 3.26. The highest BCUT2D eigenvalue weighted by molar-refractivity contribution is 5.49. The number of aldehydes is 1. The Balaban J connectivity index is 2.06. The van der Waals surface area contributed by atoms with Crippen molar-refractivity contribution in [1.82, 2.24) is 0 Å². The van der Waals surface area contributed by atoms with Gasteiger partial charge in [-0.15, -0.1) is 0 Å². The van der Waals surface area contributed by atoms with E-state index < -0.39 is 0 Å². The SMILES string of the molecule is CC1CC(CC=O)C1. The molecule has 1 heteroatoms. The van der Waals surface area contributed by atoms with E-state index in [-0.39, 0.29) is 0 Å². The van der Waals surface area contributed by atoms with Crippen molar-refractivity contribution in [2.45, 2.75) is 26.2 Å². The fraction of sp³-hybridized carbons (Fsp3) is 0.857. The van der Waals surface area contributed by atoms with Crippen LogP contribution >= 0.6 is 0 Å². The average molecular weight is 112 g/mol. The van der Waals surface area contributed by atoms with Gasteiger partial charge in [0.1, 0.15) is 6.29 Å². The lowest BCUT2D eigenvalue weighted by molar-refractivity contribution is -0.109. The lowest BCUT2D eigenvalue weighted by Crippen LogP contribution is -2.20. The second-order valence-electron chi connectivity index (χ2n) is 2.84. The van der Waals surface area contributed by atoms with Crippen LogP contribution in [0.4, 0.5) is 0 Å². The second kappa shape index (κ2) is 2.29.